The van der Waals surface area contributed by atoms with Crippen LogP contribution in [0.15, 0.2) is 24.3 Å². The van der Waals surface area contributed by atoms with Crippen LogP contribution >= 0.6 is 27.3 Å². The van der Waals surface area contributed by atoms with Gasteiger partial charge in [-0.15, -0.1) is 11.3 Å². The molecule has 0 atom stereocenters. The molecule has 1 aromatic heterocycles. The van der Waals surface area contributed by atoms with Gasteiger partial charge in [-0.3, -0.25) is 0 Å². The third-order valence-corrected chi connectivity index (χ3v) is 4.17. The van der Waals surface area contributed by atoms with Crippen molar-refractivity contribution in [3.63, 3.8) is 0 Å². The van der Waals surface area contributed by atoms with Gasteiger partial charge in [0.05, 0.1) is 5.56 Å². The van der Waals surface area contributed by atoms with Gasteiger partial charge in [-0.05, 0) is 36.4 Å². The Bertz CT molecular complexity index is 516. The molecule has 5 heteroatoms. The third kappa shape index (κ3) is 3.01. The first-order valence-electron chi connectivity index (χ1n) is 5.16. The summed E-state index contributed by atoms with van der Waals surface area (Å²) in [5.41, 5.74) is -0.570. The smallest absolute Gasteiger partial charge is 0.166 e. The zero-order valence-electron chi connectivity index (χ0n) is 8.85. The van der Waals surface area contributed by atoms with Gasteiger partial charge in [0.1, 0.15) is 0 Å². The first-order valence-corrected chi connectivity index (χ1v) is 7.10. The topological polar surface area (TPSA) is 0 Å². The van der Waals surface area contributed by atoms with Gasteiger partial charge < -0.3 is 0 Å². The quantitative estimate of drug-likeness (QED) is 0.677. The lowest BCUT2D eigenvalue weighted by molar-refractivity contribution is -0.137. The molecule has 0 bridgehead atoms. The maximum absolute atomic E-state index is 12.5. The molecule has 0 saturated carbocycles. The number of hydrogen-bond donors (Lipinski definition) is 0. The van der Waals surface area contributed by atoms with Crippen LogP contribution in [0.1, 0.15) is 16.9 Å². The molecule has 0 fully saturated rings. The van der Waals surface area contributed by atoms with Crippen molar-refractivity contribution in [1.82, 2.24) is 0 Å². The molecule has 1 heterocycles. The highest BCUT2D eigenvalue weighted by Crippen LogP contribution is 2.34. The molecule has 0 aliphatic heterocycles. The maximum atomic E-state index is 12.5. The van der Waals surface area contributed by atoms with E-state index in [9.17, 15) is 13.2 Å². The number of halogens is 4. The Morgan fingerprint density at radius 3 is 2.59 bits per heavy atom. The monoisotopic (exact) mass is 322 g/mol. The minimum atomic E-state index is -4.26. The zero-order chi connectivity index (χ0) is 12.5. The number of thiophene rings is 1. The van der Waals surface area contributed by atoms with Gasteiger partial charge in [-0.25, -0.2) is 0 Å². The van der Waals surface area contributed by atoms with Crippen molar-refractivity contribution in [1.29, 1.82) is 0 Å². The van der Waals surface area contributed by atoms with Crippen molar-refractivity contribution in [2.45, 2.75) is 19.0 Å². The number of rotatable bonds is 3. The molecule has 0 N–H and O–H groups in total. The van der Waals surface area contributed by atoms with Crippen molar-refractivity contribution in [3.8, 4) is 0 Å². The van der Waals surface area contributed by atoms with E-state index in [2.05, 4.69) is 15.9 Å². The normalized spacial score (nSPS) is 12.2. The van der Waals surface area contributed by atoms with Crippen molar-refractivity contribution in [2.75, 3.05) is 5.33 Å². The fraction of sp³-hybridized carbons (Fsp3) is 0.333. The molecule has 0 nitrogen and oxygen atoms in total. The largest absolute Gasteiger partial charge is 0.416 e. The van der Waals surface area contributed by atoms with Crippen LogP contribution < -0.4 is 0 Å². The highest BCUT2D eigenvalue weighted by atomic mass is 79.9. The summed E-state index contributed by atoms with van der Waals surface area (Å²) in [5.74, 6) is 0. The van der Waals surface area contributed by atoms with Crippen LogP contribution in [0.5, 0.6) is 0 Å². The Labute approximate surface area is 110 Å². The maximum Gasteiger partial charge on any atom is 0.416 e. The molecule has 0 unspecified atom stereocenters. The molecule has 92 valence electrons. The van der Waals surface area contributed by atoms with Crippen molar-refractivity contribution < 1.29 is 13.2 Å². The van der Waals surface area contributed by atoms with Gasteiger partial charge in [-0.2, -0.15) is 13.2 Å². The van der Waals surface area contributed by atoms with Gasteiger partial charge >= 0.3 is 6.18 Å². The van der Waals surface area contributed by atoms with E-state index in [1.807, 2.05) is 6.07 Å². The van der Waals surface area contributed by atoms with E-state index in [0.29, 0.717) is 4.70 Å². The lowest BCUT2D eigenvalue weighted by Gasteiger charge is -2.05. The third-order valence-electron chi connectivity index (χ3n) is 2.46. The van der Waals surface area contributed by atoms with Gasteiger partial charge in [0.2, 0.25) is 0 Å². The number of fused-ring (bicyclic) bond motifs is 1. The Morgan fingerprint density at radius 2 is 1.94 bits per heavy atom. The highest BCUT2D eigenvalue weighted by molar-refractivity contribution is 9.09. The number of alkyl halides is 4. The average Bonchev–Trinajstić information content (AvgIpc) is 2.66. The van der Waals surface area contributed by atoms with E-state index in [0.717, 1.165) is 34.5 Å². The highest BCUT2D eigenvalue weighted by Gasteiger charge is 2.30. The zero-order valence-corrected chi connectivity index (χ0v) is 11.3. The van der Waals surface area contributed by atoms with Crippen molar-refractivity contribution in [2.24, 2.45) is 0 Å². The van der Waals surface area contributed by atoms with Crippen LogP contribution in [-0.4, -0.2) is 5.33 Å². The summed E-state index contributed by atoms with van der Waals surface area (Å²) in [5, 5.41) is 1.81. The summed E-state index contributed by atoms with van der Waals surface area (Å²) in [6.45, 7) is 0. The molecule has 2 aromatic rings. The summed E-state index contributed by atoms with van der Waals surface area (Å²) in [6, 6.07) is 5.90. The first-order chi connectivity index (χ1) is 8.00. The molecular formula is C12H10BrF3S. The van der Waals surface area contributed by atoms with E-state index in [4.69, 9.17) is 0 Å². The molecule has 0 amide bonds. The van der Waals surface area contributed by atoms with Gasteiger partial charge in [0.25, 0.3) is 0 Å². The van der Waals surface area contributed by atoms with Gasteiger partial charge in [0.15, 0.2) is 0 Å². The minimum Gasteiger partial charge on any atom is -0.166 e. The van der Waals surface area contributed by atoms with Crippen LogP contribution in [0.2, 0.25) is 0 Å². The Balaban J connectivity index is 2.34. The SMILES string of the molecule is FC(F)(F)c1ccc2cc(CCCBr)sc2c1. The number of aryl methyl sites for hydroxylation is 1. The standard InChI is InChI=1S/C12H10BrF3S/c13-5-1-2-10-6-8-3-4-9(12(14,15)16)7-11(8)17-10/h3-4,6-7H,1-2,5H2. The summed E-state index contributed by atoms with van der Waals surface area (Å²) >= 11 is 4.79. The fourth-order valence-electron chi connectivity index (χ4n) is 1.63. The van der Waals surface area contributed by atoms with Crippen LogP contribution in [-0.2, 0) is 12.6 Å². The molecule has 0 saturated heterocycles. The van der Waals surface area contributed by atoms with Crippen LogP contribution in [0.4, 0.5) is 13.2 Å². The van der Waals surface area contributed by atoms with Crippen LogP contribution in [0, 0.1) is 0 Å². The Kier molecular flexibility index (Phi) is 3.78. The van der Waals surface area contributed by atoms with Crippen molar-refractivity contribution in [3.05, 3.63) is 34.7 Å². The van der Waals surface area contributed by atoms with Gasteiger partial charge in [-0.1, -0.05) is 22.0 Å². The van der Waals surface area contributed by atoms with Crippen LogP contribution in [0.3, 0.4) is 0 Å². The molecule has 17 heavy (non-hydrogen) atoms. The average molecular weight is 323 g/mol. The second kappa shape index (κ2) is 4.98. The second-order valence-corrected chi connectivity index (χ2v) is 5.72. The Hall–Kier alpha value is -0.550. The number of hydrogen-bond acceptors (Lipinski definition) is 1. The molecular weight excluding hydrogens is 313 g/mol. The summed E-state index contributed by atoms with van der Waals surface area (Å²) < 4.78 is 38.3. The number of benzene rings is 1. The summed E-state index contributed by atoms with van der Waals surface area (Å²) in [7, 11) is 0. The fourth-order valence-corrected chi connectivity index (χ4v) is 3.05. The summed E-state index contributed by atoms with van der Waals surface area (Å²) in [6.07, 6.45) is -2.35. The first kappa shape index (κ1) is 12.9. The van der Waals surface area contributed by atoms with Crippen LogP contribution in [0.25, 0.3) is 10.1 Å². The minimum absolute atomic E-state index is 0.570. The van der Waals surface area contributed by atoms with E-state index < -0.39 is 11.7 Å². The lowest BCUT2D eigenvalue weighted by Crippen LogP contribution is -2.03. The van der Waals surface area contributed by atoms with E-state index in [1.54, 1.807) is 6.07 Å². The molecule has 1 aromatic carbocycles. The molecule has 0 radical (unpaired) electrons. The summed E-state index contributed by atoms with van der Waals surface area (Å²) in [4.78, 5) is 1.14. The predicted octanol–water partition coefficient (Wildman–Crippen LogP) is 5.25. The molecule has 0 spiro atoms. The molecule has 0 aliphatic rings. The van der Waals surface area contributed by atoms with E-state index >= 15 is 0 Å². The predicted molar refractivity (Wildman–Crippen MR) is 68.9 cm³/mol. The van der Waals surface area contributed by atoms with E-state index in [1.165, 1.54) is 17.4 Å². The second-order valence-electron chi connectivity index (χ2n) is 3.76. The van der Waals surface area contributed by atoms with Crippen molar-refractivity contribution >= 4 is 37.4 Å². The van der Waals surface area contributed by atoms with E-state index in [-0.39, 0.29) is 0 Å². The van der Waals surface area contributed by atoms with Gasteiger partial charge in [0, 0.05) is 14.9 Å². The Morgan fingerprint density at radius 1 is 1.18 bits per heavy atom. The lowest BCUT2D eigenvalue weighted by atomic mass is 10.1. The molecule has 0 aliphatic carbocycles. The molecule has 2 rings (SSSR count).